The SMILES string of the molecule is C=C(C(=O)OCC)c1cccc(OC(F)(F)F)c1. The zero-order valence-electron chi connectivity index (χ0n) is 9.58. The van der Waals surface area contributed by atoms with Gasteiger partial charge in [0.15, 0.2) is 0 Å². The van der Waals surface area contributed by atoms with E-state index >= 15 is 0 Å². The molecule has 1 aromatic rings. The largest absolute Gasteiger partial charge is 0.573 e. The van der Waals surface area contributed by atoms with Crippen LogP contribution in [0.4, 0.5) is 13.2 Å². The van der Waals surface area contributed by atoms with Gasteiger partial charge in [-0.05, 0) is 24.6 Å². The molecule has 0 N–H and O–H groups in total. The van der Waals surface area contributed by atoms with Gasteiger partial charge < -0.3 is 9.47 Å². The molecule has 0 atom stereocenters. The number of carbonyl (C=O) groups is 1. The summed E-state index contributed by atoms with van der Waals surface area (Å²) in [5, 5.41) is 0. The van der Waals surface area contributed by atoms with Crippen LogP contribution in [0.5, 0.6) is 5.75 Å². The maximum absolute atomic E-state index is 12.0. The highest BCUT2D eigenvalue weighted by atomic mass is 19.4. The number of hydrogen-bond acceptors (Lipinski definition) is 3. The highest BCUT2D eigenvalue weighted by Gasteiger charge is 2.31. The summed E-state index contributed by atoms with van der Waals surface area (Å²) in [6.07, 6.45) is -4.77. The summed E-state index contributed by atoms with van der Waals surface area (Å²) in [5.74, 6) is -1.09. The van der Waals surface area contributed by atoms with Crippen LogP contribution in [0.3, 0.4) is 0 Å². The van der Waals surface area contributed by atoms with Crippen LogP contribution in [0.25, 0.3) is 5.57 Å². The summed E-state index contributed by atoms with van der Waals surface area (Å²) in [7, 11) is 0. The Labute approximate surface area is 102 Å². The van der Waals surface area contributed by atoms with Crippen LogP contribution in [0.2, 0.25) is 0 Å². The van der Waals surface area contributed by atoms with Gasteiger partial charge >= 0.3 is 12.3 Å². The summed E-state index contributed by atoms with van der Waals surface area (Å²) >= 11 is 0. The van der Waals surface area contributed by atoms with Crippen molar-refractivity contribution < 1.29 is 27.4 Å². The van der Waals surface area contributed by atoms with Crippen LogP contribution < -0.4 is 4.74 Å². The van der Waals surface area contributed by atoms with Crippen molar-refractivity contribution in [3.63, 3.8) is 0 Å². The lowest BCUT2D eigenvalue weighted by atomic mass is 10.1. The number of ether oxygens (including phenoxy) is 2. The van der Waals surface area contributed by atoms with E-state index in [1.54, 1.807) is 6.92 Å². The summed E-state index contributed by atoms with van der Waals surface area (Å²) < 4.78 is 44.5. The molecule has 3 nitrogen and oxygen atoms in total. The Morgan fingerprint density at radius 1 is 1.39 bits per heavy atom. The van der Waals surface area contributed by atoms with Gasteiger partial charge in [0, 0.05) is 0 Å². The van der Waals surface area contributed by atoms with E-state index in [4.69, 9.17) is 4.74 Å². The number of carbonyl (C=O) groups excluding carboxylic acids is 1. The molecule has 0 saturated carbocycles. The van der Waals surface area contributed by atoms with Crippen LogP contribution in [0, 0.1) is 0 Å². The van der Waals surface area contributed by atoms with Crippen molar-refractivity contribution in [1.29, 1.82) is 0 Å². The molecule has 0 heterocycles. The van der Waals surface area contributed by atoms with Crippen molar-refractivity contribution in [3.8, 4) is 5.75 Å². The number of alkyl halides is 3. The second-order valence-electron chi connectivity index (χ2n) is 3.27. The molecular weight excluding hydrogens is 249 g/mol. The number of halogens is 3. The lowest BCUT2D eigenvalue weighted by Crippen LogP contribution is -2.17. The number of rotatable bonds is 4. The van der Waals surface area contributed by atoms with Crippen molar-refractivity contribution in [1.82, 2.24) is 0 Å². The van der Waals surface area contributed by atoms with Crippen LogP contribution >= 0.6 is 0 Å². The first kappa shape index (κ1) is 14.1. The standard InChI is InChI=1S/C12H11F3O3/c1-3-17-11(16)8(2)9-5-4-6-10(7-9)18-12(13,14)15/h4-7H,2-3H2,1H3. The Hall–Kier alpha value is -1.98. The molecule has 1 aromatic carbocycles. The lowest BCUT2D eigenvalue weighted by molar-refractivity contribution is -0.274. The number of benzene rings is 1. The van der Waals surface area contributed by atoms with Gasteiger partial charge in [-0.3, -0.25) is 0 Å². The normalized spacial score (nSPS) is 10.9. The highest BCUT2D eigenvalue weighted by Crippen LogP contribution is 2.25. The molecule has 0 amide bonds. The minimum absolute atomic E-state index is 0.0236. The van der Waals surface area contributed by atoms with Gasteiger partial charge in [-0.2, -0.15) is 0 Å². The predicted molar refractivity (Wildman–Crippen MR) is 58.8 cm³/mol. The van der Waals surface area contributed by atoms with Crippen molar-refractivity contribution >= 4 is 11.5 Å². The number of hydrogen-bond donors (Lipinski definition) is 0. The Balaban J connectivity index is 2.88. The van der Waals surface area contributed by atoms with E-state index in [0.717, 1.165) is 12.1 Å². The third-order valence-electron chi connectivity index (χ3n) is 1.94. The summed E-state index contributed by atoms with van der Waals surface area (Å²) in [4.78, 5) is 11.4. The first-order valence-electron chi connectivity index (χ1n) is 5.05. The first-order chi connectivity index (χ1) is 8.33. The fraction of sp³-hybridized carbons (Fsp3) is 0.250. The molecular formula is C12H11F3O3. The van der Waals surface area contributed by atoms with Gasteiger partial charge in [0.05, 0.1) is 12.2 Å². The topological polar surface area (TPSA) is 35.5 Å². The highest BCUT2D eigenvalue weighted by molar-refractivity contribution is 6.15. The van der Waals surface area contributed by atoms with E-state index in [-0.39, 0.29) is 17.7 Å². The molecule has 1 rings (SSSR count). The monoisotopic (exact) mass is 260 g/mol. The Bertz CT molecular complexity index is 452. The minimum atomic E-state index is -4.77. The van der Waals surface area contributed by atoms with Crippen molar-refractivity contribution in [3.05, 3.63) is 36.4 Å². The quantitative estimate of drug-likeness (QED) is 0.616. The molecule has 0 aliphatic rings. The van der Waals surface area contributed by atoms with Crippen LogP contribution in [-0.2, 0) is 9.53 Å². The molecule has 0 aliphatic heterocycles. The lowest BCUT2D eigenvalue weighted by Gasteiger charge is -2.10. The van der Waals surface area contributed by atoms with E-state index < -0.39 is 18.1 Å². The van der Waals surface area contributed by atoms with Crippen LogP contribution in [-0.4, -0.2) is 18.9 Å². The molecule has 0 fully saturated rings. The summed E-state index contributed by atoms with van der Waals surface area (Å²) in [6.45, 7) is 5.25. The van der Waals surface area contributed by atoms with E-state index in [2.05, 4.69) is 11.3 Å². The second kappa shape index (κ2) is 5.57. The maximum atomic E-state index is 12.0. The van der Waals surface area contributed by atoms with Gasteiger partial charge in [-0.15, -0.1) is 13.2 Å². The summed E-state index contributed by atoms with van der Waals surface area (Å²) in [5.41, 5.74) is 0.194. The Morgan fingerprint density at radius 2 is 2.06 bits per heavy atom. The van der Waals surface area contributed by atoms with Gasteiger partial charge in [0.1, 0.15) is 5.75 Å². The minimum Gasteiger partial charge on any atom is -0.462 e. The third kappa shape index (κ3) is 4.12. The zero-order chi connectivity index (χ0) is 13.8. The molecule has 0 aromatic heterocycles. The molecule has 6 heteroatoms. The van der Waals surface area contributed by atoms with E-state index in [1.807, 2.05) is 0 Å². The van der Waals surface area contributed by atoms with Gasteiger partial charge in [0.2, 0.25) is 0 Å². The molecule has 0 aliphatic carbocycles. The average Bonchev–Trinajstić information content (AvgIpc) is 2.26. The predicted octanol–water partition coefficient (Wildman–Crippen LogP) is 3.16. The van der Waals surface area contributed by atoms with Gasteiger partial charge in [0.25, 0.3) is 0 Å². The molecule has 0 saturated heterocycles. The zero-order valence-corrected chi connectivity index (χ0v) is 9.58. The fourth-order valence-corrected chi connectivity index (χ4v) is 1.22. The molecule has 18 heavy (non-hydrogen) atoms. The fourth-order valence-electron chi connectivity index (χ4n) is 1.22. The number of esters is 1. The Kier molecular flexibility index (Phi) is 4.36. The molecule has 0 unspecified atom stereocenters. The van der Waals surface area contributed by atoms with Crippen molar-refractivity contribution in [2.24, 2.45) is 0 Å². The van der Waals surface area contributed by atoms with Crippen LogP contribution in [0.1, 0.15) is 12.5 Å². The van der Waals surface area contributed by atoms with Gasteiger partial charge in [-0.25, -0.2) is 4.79 Å². The van der Waals surface area contributed by atoms with Crippen molar-refractivity contribution in [2.75, 3.05) is 6.61 Å². The van der Waals surface area contributed by atoms with E-state index in [9.17, 15) is 18.0 Å². The summed E-state index contributed by atoms with van der Waals surface area (Å²) in [6, 6.07) is 4.99. The molecule has 98 valence electrons. The molecule has 0 bridgehead atoms. The third-order valence-corrected chi connectivity index (χ3v) is 1.94. The molecule has 0 radical (unpaired) electrons. The van der Waals surface area contributed by atoms with Gasteiger partial charge in [-0.1, -0.05) is 18.7 Å². The smallest absolute Gasteiger partial charge is 0.462 e. The average molecular weight is 260 g/mol. The van der Waals surface area contributed by atoms with E-state index in [0.29, 0.717) is 0 Å². The Morgan fingerprint density at radius 3 is 2.61 bits per heavy atom. The second-order valence-corrected chi connectivity index (χ2v) is 3.27. The van der Waals surface area contributed by atoms with Crippen LogP contribution in [0.15, 0.2) is 30.8 Å². The molecule has 0 spiro atoms. The van der Waals surface area contributed by atoms with Crippen molar-refractivity contribution in [2.45, 2.75) is 13.3 Å². The first-order valence-corrected chi connectivity index (χ1v) is 5.05. The van der Waals surface area contributed by atoms with E-state index in [1.165, 1.54) is 12.1 Å². The maximum Gasteiger partial charge on any atom is 0.573 e.